The molecule has 2 rings (SSSR count). The molecule has 130 valence electrons. The lowest BCUT2D eigenvalue weighted by molar-refractivity contribution is 0.168. The molecule has 0 saturated carbocycles. The Labute approximate surface area is 146 Å². The molecule has 1 unspecified atom stereocenters. The Morgan fingerprint density at radius 3 is 2.29 bits per heavy atom. The number of rotatable bonds is 10. The highest BCUT2D eigenvalue weighted by atomic mass is 16.5. The first-order chi connectivity index (χ1) is 11.7. The second kappa shape index (κ2) is 10.1. The van der Waals surface area contributed by atoms with Crippen LogP contribution in [0.4, 0.5) is 0 Å². The zero-order valence-corrected chi connectivity index (χ0v) is 15.0. The van der Waals surface area contributed by atoms with E-state index in [-0.39, 0.29) is 0 Å². The van der Waals surface area contributed by atoms with Crippen LogP contribution in [0, 0.1) is 6.92 Å². The maximum absolute atomic E-state index is 10.3. The van der Waals surface area contributed by atoms with Crippen molar-refractivity contribution in [1.82, 2.24) is 0 Å². The summed E-state index contributed by atoms with van der Waals surface area (Å²) in [6.45, 7) is 5.07. The van der Waals surface area contributed by atoms with Gasteiger partial charge in [-0.15, -0.1) is 0 Å². The molecule has 2 aromatic rings. The van der Waals surface area contributed by atoms with Crippen molar-refractivity contribution in [3.05, 3.63) is 65.2 Å². The molecule has 0 fully saturated rings. The molecule has 0 bridgehead atoms. The third-order valence-corrected chi connectivity index (χ3v) is 4.36. The zero-order valence-electron chi connectivity index (χ0n) is 15.0. The summed E-state index contributed by atoms with van der Waals surface area (Å²) in [6.07, 6.45) is 6.10. The third kappa shape index (κ3) is 6.37. The Morgan fingerprint density at radius 2 is 1.62 bits per heavy atom. The molecule has 0 spiro atoms. The van der Waals surface area contributed by atoms with Crippen LogP contribution in [0.25, 0.3) is 0 Å². The quantitative estimate of drug-likeness (QED) is 0.574. The van der Waals surface area contributed by atoms with Crippen LogP contribution in [0.5, 0.6) is 5.75 Å². The molecule has 0 aliphatic carbocycles. The van der Waals surface area contributed by atoms with Gasteiger partial charge < -0.3 is 9.84 Å². The Balaban J connectivity index is 1.74. The Bertz CT molecular complexity index is 572. The number of aryl methyl sites for hydroxylation is 2. The Morgan fingerprint density at radius 1 is 0.917 bits per heavy atom. The fourth-order valence-corrected chi connectivity index (χ4v) is 2.73. The van der Waals surface area contributed by atoms with Gasteiger partial charge in [0.15, 0.2) is 0 Å². The standard InChI is InChI=1S/C22H30O2/c1-3-4-5-6-17-24-21-14-9-19(10-15-21)11-16-22(23)20-12-7-18(2)8-13-20/h7-10,12-15,22-23H,3-6,11,16-17H2,1-2H3. The smallest absolute Gasteiger partial charge is 0.119 e. The van der Waals surface area contributed by atoms with Crippen LogP contribution in [0.3, 0.4) is 0 Å². The van der Waals surface area contributed by atoms with Crippen molar-refractivity contribution in [2.24, 2.45) is 0 Å². The number of hydrogen-bond donors (Lipinski definition) is 1. The topological polar surface area (TPSA) is 29.5 Å². The van der Waals surface area contributed by atoms with Gasteiger partial charge in [0.05, 0.1) is 12.7 Å². The zero-order chi connectivity index (χ0) is 17.2. The summed E-state index contributed by atoms with van der Waals surface area (Å²) >= 11 is 0. The van der Waals surface area contributed by atoms with E-state index in [0.29, 0.717) is 0 Å². The minimum atomic E-state index is -0.403. The van der Waals surface area contributed by atoms with Crippen LogP contribution >= 0.6 is 0 Å². The number of ether oxygens (including phenoxy) is 1. The highest BCUT2D eigenvalue weighted by Gasteiger charge is 2.07. The van der Waals surface area contributed by atoms with Crippen molar-refractivity contribution in [2.45, 2.75) is 58.5 Å². The monoisotopic (exact) mass is 326 g/mol. The van der Waals surface area contributed by atoms with E-state index in [2.05, 4.69) is 26.0 Å². The molecule has 0 radical (unpaired) electrons. The molecule has 0 heterocycles. The van der Waals surface area contributed by atoms with Crippen molar-refractivity contribution in [3.8, 4) is 5.75 Å². The molecule has 0 aliphatic rings. The lowest BCUT2D eigenvalue weighted by Crippen LogP contribution is -2.00. The van der Waals surface area contributed by atoms with Gasteiger partial charge in [0.2, 0.25) is 0 Å². The van der Waals surface area contributed by atoms with E-state index >= 15 is 0 Å². The maximum atomic E-state index is 10.3. The number of unbranched alkanes of at least 4 members (excludes halogenated alkanes) is 3. The van der Waals surface area contributed by atoms with Gasteiger partial charge in [-0.3, -0.25) is 0 Å². The molecule has 2 aromatic carbocycles. The van der Waals surface area contributed by atoms with Crippen LogP contribution < -0.4 is 4.74 Å². The highest BCUT2D eigenvalue weighted by molar-refractivity contribution is 5.28. The van der Waals surface area contributed by atoms with Gasteiger partial charge in [-0.05, 0) is 49.4 Å². The van der Waals surface area contributed by atoms with E-state index in [0.717, 1.165) is 37.2 Å². The average Bonchev–Trinajstić information content (AvgIpc) is 2.61. The third-order valence-electron chi connectivity index (χ3n) is 4.36. The van der Waals surface area contributed by atoms with Crippen molar-refractivity contribution < 1.29 is 9.84 Å². The van der Waals surface area contributed by atoms with Crippen LogP contribution in [0.15, 0.2) is 48.5 Å². The number of aliphatic hydroxyl groups is 1. The second-order valence-electron chi connectivity index (χ2n) is 6.52. The number of hydrogen-bond acceptors (Lipinski definition) is 2. The van der Waals surface area contributed by atoms with E-state index in [1.807, 2.05) is 36.4 Å². The van der Waals surface area contributed by atoms with Crippen molar-refractivity contribution in [3.63, 3.8) is 0 Å². The van der Waals surface area contributed by atoms with Crippen molar-refractivity contribution in [1.29, 1.82) is 0 Å². The lowest BCUT2D eigenvalue weighted by atomic mass is 10.0. The van der Waals surface area contributed by atoms with Gasteiger partial charge in [0.1, 0.15) is 5.75 Å². The second-order valence-corrected chi connectivity index (χ2v) is 6.52. The summed E-state index contributed by atoms with van der Waals surface area (Å²) in [5.41, 5.74) is 3.45. The first-order valence-corrected chi connectivity index (χ1v) is 9.15. The van der Waals surface area contributed by atoms with E-state index in [4.69, 9.17) is 4.74 Å². The first kappa shape index (κ1) is 18.5. The van der Waals surface area contributed by atoms with Gasteiger partial charge in [-0.1, -0.05) is 68.1 Å². The summed E-state index contributed by atoms with van der Waals surface area (Å²) < 4.78 is 5.76. The predicted octanol–water partition coefficient (Wildman–Crippen LogP) is 5.62. The van der Waals surface area contributed by atoms with Gasteiger partial charge in [-0.2, -0.15) is 0 Å². The average molecular weight is 326 g/mol. The van der Waals surface area contributed by atoms with Crippen molar-refractivity contribution >= 4 is 0 Å². The van der Waals surface area contributed by atoms with Gasteiger partial charge in [-0.25, -0.2) is 0 Å². The molecule has 2 heteroatoms. The largest absolute Gasteiger partial charge is 0.494 e. The maximum Gasteiger partial charge on any atom is 0.119 e. The van der Waals surface area contributed by atoms with Crippen molar-refractivity contribution in [2.75, 3.05) is 6.61 Å². The SMILES string of the molecule is CCCCCCOc1ccc(CCC(O)c2ccc(C)cc2)cc1. The van der Waals surface area contributed by atoms with E-state index < -0.39 is 6.10 Å². The van der Waals surface area contributed by atoms with Crippen LogP contribution in [0.2, 0.25) is 0 Å². The highest BCUT2D eigenvalue weighted by Crippen LogP contribution is 2.21. The van der Waals surface area contributed by atoms with Gasteiger partial charge in [0, 0.05) is 0 Å². The molecule has 1 atom stereocenters. The van der Waals surface area contributed by atoms with Crippen LogP contribution in [-0.4, -0.2) is 11.7 Å². The fourth-order valence-electron chi connectivity index (χ4n) is 2.73. The summed E-state index contributed by atoms with van der Waals surface area (Å²) in [4.78, 5) is 0. The molecule has 0 amide bonds. The van der Waals surface area contributed by atoms with E-state index in [1.54, 1.807) is 0 Å². The minimum Gasteiger partial charge on any atom is -0.494 e. The number of aliphatic hydroxyl groups excluding tert-OH is 1. The van der Waals surface area contributed by atoms with Crippen LogP contribution in [0.1, 0.15) is 61.8 Å². The lowest BCUT2D eigenvalue weighted by Gasteiger charge is -2.12. The fraction of sp³-hybridized carbons (Fsp3) is 0.455. The summed E-state index contributed by atoms with van der Waals surface area (Å²) in [5.74, 6) is 0.939. The summed E-state index contributed by atoms with van der Waals surface area (Å²) in [5, 5.41) is 10.3. The van der Waals surface area contributed by atoms with E-state index in [1.165, 1.54) is 30.4 Å². The first-order valence-electron chi connectivity index (χ1n) is 9.15. The summed E-state index contributed by atoms with van der Waals surface area (Å²) in [6, 6.07) is 16.4. The molecule has 0 saturated heterocycles. The Kier molecular flexibility index (Phi) is 7.84. The van der Waals surface area contributed by atoms with Crippen LogP contribution in [-0.2, 0) is 6.42 Å². The van der Waals surface area contributed by atoms with E-state index in [9.17, 15) is 5.11 Å². The molecule has 24 heavy (non-hydrogen) atoms. The molecule has 1 N–H and O–H groups in total. The molecule has 2 nitrogen and oxygen atoms in total. The van der Waals surface area contributed by atoms with Gasteiger partial charge in [0.25, 0.3) is 0 Å². The molecular formula is C22H30O2. The summed E-state index contributed by atoms with van der Waals surface area (Å²) in [7, 11) is 0. The minimum absolute atomic E-state index is 0.403. The Hall–Kier alpha value is -1.80. The molecule has 0 aromatic heterocycles. The predicted molar refractivity (Wildman–Crippen MR) is 101 cm³/mol. The number of benzene rings is 2. The normalized spacial score (nSPS) is 12.1. The molecule has 0 aliphatic heterocycles. The molecular weight excluding hydrogens is 296 g/mol. The van der Waals surface area contributed by atoms with Gasteiger partial charge >= 0.3 is 0 Å².